The summed E-state index contributed by atoms with van der Waals surface area (Å²) in [5.74, 6) is -1.73. The number of fused-ring (bicyclic) bond motifs is 2. The van der Waals surface area contributed by atoms with E-state index >= 15 is 0 Å². The number of carbonyl (C=O) groups is 4. The summed E-state index contributed by atoms with van der Waals surface area (Å²) in [4.78, 5) is 50.8. The first-order valence-electron chi connectivity index (χ1n) is 11.4. The number of amides is 2. The van der Waals surface area contributed by atoms with Gasteiger partial charge in [-0.05, 0) is 37.0 Å². The minimum atomic E-state index is -0.698. The maximum Gasteiger partial charge on any atom is 0.310 e. The van der Waals surface area contributed by atoms with Crippen molar-refractivity contribution in [1.29, 1.82) is 0 Å². The number of ketones is 1. The molecule has 2 saturated carbocycles. The van der Waals surface area contributed by atoms with Crippen molar-refractivity contribution in [2.24, 2.45) is 29.1 Å². The molecule has 3 rings (SSSR count). The average Bonchev–Trinajstić information content (AvgIpc) is 3.28. The highest BCUT2D eigenvalue weighted by Gasteiger charge is 2.51. The van der Waals surface area contributed by atoms with Gasteiger partial charge in [-0.3, -0.25) is 19.2 Å². The van der Waals surface area contributed by atoms with Crippen molar-refractivity contribution in [3.63, 3.8) is 0 Å². The van der Waals surface area contributed by atoms with Crippen molar-refractivity contribution < 1.29 is 23.9 Å². The third-order valence-electron chi connectivity index (χ3n) is 7.14. The van der Waals surface area contributed by atoms with Crippen LogP contribution in [0.4, 0.5) is 0 Å². The van der Waals surface area contributed by atoms with Gasteiger partial charge in [-0.2, -0.15) is 0 Å². The molecule has 2 N–H and O–H groups in total. The van der Waals surface area contributed by atoms with Gasteiger partial charge in [0, 0.05) is 19.4 Å². The number of Topliss-reactive ketones (excluding diaryl/α,β-unsaturated/α-hetero) is 1. The molecule has 0 aromatic rings. The van der Waals surface area contributed by atoms with E-state index in [1.165, 1.54) is 6.42 Å². The highest BCUT2D eigenvalue weighted by Crippen LogP contribution is 2.41. The van der Waals surface area contributed by atoms with Crippen LogP contribution < -0.4 is 10.6 Å². The predicted octanol–water partition coefficient (Wildman–Crippen LogP) is 2.37. The molecule has 0 spiro atoms. The van der Waals surface area contributed by atoms with Crippen molar-refractivity contribution in [2.75, 3.05) is 7.05 Å². The van der Waals surface area contributed by atoms with Crippen LogP contribution in [-0.2, 0) is 23.9 Å². The maximum atomic E-state index is 13.4. The van der Waals surface area contributed by atoms with Gasteiger partial charge in [-0.15, -0.1) is 0 Å². The van der Waals surface area contributed by atoms with Crippen LogP contribution in [0, 0.1) is 29.1 Å². The second kappa shape index (κ2) is 9.06. The number of hydrogen-bond donors (Lipinski definition) is 2. The highest BCUT2D eigenvalue weighted by atomic mass is 16.6. The molecule has 168 valence electrons. The third-order valence-corrected chi connectivity index (χ3v) is 7.14. The van der Waals surface area contributed by atoms with Crippen LogP contribution in [0.15, 0.2) is 0 Å². The van der Waals surface area contributed by atoms with E-state index in [0.29, 0.717) is 12.8 Å². The van der Waals surface area contributed by atoms with E-state index in [1.54, 1.807) is 7.05 Å². The van der Waals surface area contributed by atoms with Crippen molar-refractivity contribution in [2.45, 2.75) is 84.3 Å². The topological polar surface area (TPSA) is 102 Å². The van der Waals surface area contributed by atoms with E-state index in [2.05, 4.69) is 10.6 Å². The van der Waals surface area contributed by atoms with Gasteiger partial charge >= 0.3 is 5.97 Å². The Bertz CT molecular complexity index is 692. The van der Waals surface area contributed by atoms with Crippen molar-refractivity contribution >= 4 is 23.6 Å². The van der Waals surface area contributed by atoms with Crippen molar-refractivity contribution in [3.05, 3.63) is 0 Å². The number of nitrogens with one attached hydrogen (secondary N) is 2. The molecule has 1 heterocycles. The molecule has 7 heteroatoms. The third kappa shape index (κ3) is 4.86. The van der Waals surface area contributed by atoms with Gasteiger partial charge < -0.3 is 15.4 Å². The van der Waals surface area contributed by atoms with Crippen molar-refractivity contribution in [3.8, 4) is 0 Å². The van der Waals surface area contributed by atoms with Crippen molar-refractivity contribution in [1.82, 2.24) is 10.6 Å². The Hall–Kier alpha value is -1.92. The summed E-state index contributed by atoms with van der Waals surface area (Å²) in [5.41, 5.74) is -0.495. The lowest BCUT2D eigenvalue weighted by atomic mass is 9.74. The van der Waals surface area contributed by atoms with Gasteiger partial charge in [0.25, 0.3) is 0 Å². The van der Waals surface area contributed by atoms with Gasteiger partial charge in [0.05, 0.1) is 17.9 Å². The Morgan fingerprint density at radius 1 is 1.10 bits per heavy atom. The van der Waals surface area contributed by atoms with E-state index < -0.39 is 23.3 Å². The second-order valence-electron chi connectivity index (χ2n) is 10.3. The van der Waals surface area contributed by atoms with Crippen LogP contribution in [0.5, 0.6) is 0 Å². The second-order valence-corrected chi connectivity index (χ2v) is 10.3. The largest absolute Gasteiger partial charge is 0.462 e. The molecule has 3 aliphatic rings. The standard InChI is InChI=1S/C23H36N2O5/c1-23(2,3)19(25-21(28)16-10-14-11-17(16)22(29)30-14)18(26)12-15(20(27)24-4)13-8-6-5-7-9-13/h13-17,19H,5-12H2,1-4H3,(H,24,27)(H,25,28)/t14?,15-,16?,17?,19+/m0/s1. The van der Waals surface area contributed by atoms with Crippen LogP contribution in [0.25, 0.3) is 0 Å². The number of ether oxygens (including phenoxy) is 1. The highest BCUT2D eigenvalue weighted by molar-refractivity contribution is 5.95. The molecule has 0 radical (unpaired) electrons. The molecule has 2 aliphatic carbocycles. The number of rotatable bonds is 7. The lowest BCUT2D eigenvalue weighted by molar-refractivity contribution is -0.154. The Labute approximate surface area is 179 Å². The van der Waals surface area contributed by atoms with Gasteiger partial charge in [-0.25, -0.2) is 0 Å². The summed E-state index contributed by atoms with van der Waals surface area (Å²) < 4.78 is 5.19. The first-order chi connectivity index (χ1) is 14.1. The Balaban J connectivity index is 1.70. The molecular formula is C23H36N2O5. The van der Waals surface area contributed by atoms with Crippen LogP contribution in [0.2, 0.25) is 0 Å². The molecule has 2 bridgehead atoms. The monoisotopic (exact) mass is 420 g/mol. The minimum Gasteiger partial charge on any atom is -0.462 e. The molecule has 7 nitrogen and oxygen atoms in total. The first-order valence-corrected chi connectivity index (χ1v) is 11.4. The zero-order valence-corrected chi connectivity index (χ0v) is 18.7. The van der Waals surface area contributed by atoms with Gasteiger partial charge in [0.1, 0.15) is 6.10 Å². The number of hydrogen-bond acceptors (Lipinski definition) is 5. The summed E-state index contributed by atoms with van der Waals surface area (Å²) >= 11 is 0. The molecule has 2 amide bonds. The van der Waals surface area contributed by atoms with Crippen LogP contribution in [0.1, 0.15) is 72.1 Å². The summed E-state index contributed by atoms with van der Waals surface area (Å²) in [6.07, 6.45) is 6.35. The summed E-state index contributed by atoms with van der Waals surface area (Å²) in [7, 11) is 1.61. The molecule has 1 aliphatic heterocycles. The minimum absolute atomic E-state index is 0.0925. The zero-order chi connectivity index (χ0) is 22.1. The van der Waals surface area contributed by atoms with Crippen LogP contribution in [0.3, 0.4) is 0 Å². The SMILES string of the molecule is CNC(=O)[C@@H](CC(=O)[C@@H](NC(=O)C1CC2CC1C(=O)O2)C(C)(C)C)C1CCCCC1. The Morgan fingerprint density at radius 3 is 2.30 bits per heavy atom. The fourth-order valence-electron chi connectivity index (χ4n) is 5.45. The molecular weight excluding hydrogens is 384 g/mol. The summed E-state index contributed by atoms with van der Waals surface area (Å²) in [6.45, 7) is 5.75. The fourth-order valence-corrected chi connectivity index (χ4v) is 5.45. The fraction of sp³-hybridized carbons (Fsp3) is 0.826. The van der Waals surface area contributed by atoms with E-state index in [4.69, 9.17) is 4.74 Å². The number of esters is 1. The van der Waals surface area contributed by atoms with E-state index in [-0.39, 0.29) is 47.9 Å². The summed E-state index contributed by atoms with van der Waals surface area (Å²) in [6, 6.07) is -0.698. The smallest absolute Gasteiger partial charge is 0.310 e. The number of carbonyl (C=O) groups excluding carboxylic acids is 4. The normalized spacial score (nSPS) is 28.5. The molecule has 5 atom stereocenters. The molecule has 30 heavy (non-hydrogen) atoms. The van der Waals surface area contributed by atoms with Gasteiger partial charge in [0.2, 0.25) is 11.8 Å². The molecule has 0 aromatic carbocycles. The van der Waals surface area contributed by atoms with Gasteiger partial charge in [-0.1, -0.05) is 40.0 Å². The van der Waals surface area contributed by atoms with E-state index in [1.807, 2.05) is 20.8 Å². The molecule has 1 saturated heterocycles. The first kappa shape index (κ1) is 22.8. The lowest BCUT2D eigenvalue weighted by Gasteiger charge is -2.34. The quantitative estimate of drug-likeness (QED) is 0.616. The lowest BCUT2D eigenvalue weighted by Crippen LogP contribution is -2.53. The molecule has 0 aromatic heterocycles. The Kier molecular flexibility index (Phi) is 6.88. The van der Waals surface area contributed by atoms with Crippen LogP contribution >= 0.6 is 0 Å². The maximum absolute atomic E-state index is 13.4. The predicted molar refractivity (Wildman–Crippen MR) is 111 cm³/mol. The van der Waals surface area contributed by atoms with E-state index in [0.717, 1.165) is 25.7 Å². The average molecular weight is 421 g/mol. The zero-order valence-electron chi connectivity index (χ0n) is 18.7. The van der Waals surface area contributed by atoms with Crippen LogP contribution in [-0.4, -0.2) is 42.8 Å². The summed E-state index contributed by atoms with van der Waals surface area (Å²) in [5, 5.41) is 5.67. The van der Waals surface area contributed by atoms with Gasteiger partial charge in [0.15, 0.2) is 5.78 Å². The van der Waals surface area contributed by atoms with E-state index in [9.17, 15) is 19.2 Å². The Morgan fingerprint density at radius 2 is 1.77 bits per heavy atom. The molecule has 3 unspecified atom stereocenters. The molecule has 3 fully saturated rings.